The number of hydrogen-bond acceptors (Lipinski definition) is 0. The van der Waals surface area contributed by atoms with E-state index in [4.69, 9.17) is 11.6 Å². The predicted molar refractivity (Wildman–Crippen MR) is 69.6 cm³/mol. The summed E-state index contributed by atoms with van der Waals surface area (Å²) in [6.07, 6.45) is -4.32. The smallest absolute Gasteiger partial charge is 0.416 e. The minimum Gasteiger partial charge on any atom is -0.681 e. The second-order valence-corrected chi connectivity index (χ2v) is 4.43. The SMILES string of the molecule is FC(F)(F)c1cccc(C[N-]c2ccc(Cl)cc2)c1. The van der Waals surface area contributed by atoms with Gasteiger partial charge in [0.15, 0.2) is 0 Å². The van der Waals surface area contributed by atoms with Crippen LogP contribution in [-0.2, 0) is 12.7 Å². The highest BCUT2D eigenvalue weighted by molar-refractivity contribution is 6.30. The van der Waals surface area contributed by atoms with Crippen molar-refractivity contribution < 1.29 is 13.2 Å². The van der Waals surface area contributed by atoms with E-state index in [9.17, 15) is 13.2 Å². The molecule has 0 N–H and O–H groups in total. The molecule has 0 aliphatic rings. The normalized spacial score (nSPS) is 11.4. The monoisotopic (exact) mass is 284 g/mol. The lowest BCUT2D eigenvalue weighted by Gasteiger charge is -2.21. The van der Waals surface area contributed by atoms with Gasteiger partial charge in [0.1, 0.15) is 0 Å². The van der Waals surface area contributed by atoms with Crippen LogP contribution in [0.15, 0.2) is 48.5 Å². The molecule has 0 amide bonds. The molecule has 2 aromatic rings. The Kier molecular flexibility index (Phi) is 4.00. The van der Waals surface area contributed by atoms with Crippen LogP contribution in [-0.4, -0.2) is 0 Å². The fraction of sp³-hybridized carbons (Fsp3) is 0.143. The highest BCUT2D eigenvalue weighted by Crippen LogP contribution is 2.30. The number of rotatable bonds is 3. The summed E-state index contributed by atoms with van der Waals surface area (Å²) in [6, 6.07) is 12.0. The third kappa shape index (κ3) is 3.89. The zero-order valence-electron chi connectivity index (χ0n) is 9.78. The fourth-order valence-electron chi connectivity index (χ4n) is 1.58. The van der Waals surface area contributed by atoms with Crippen LogP contribution in [0.3, 0.4) is 0 Å². The maximum atomic E-state index is 12.5. The molecule has 0 radical (unpaired) electrons. The molecule has 0 unspecified atom stereocenters. The number of hydrogen-bond donors (Lipinski definition) is 0. The van der Waals surface area contributed by atoms with Crippen LogP contribution in [0.5, 0.6) is 0 Å². The van der Waals surface area contributed by atoms with Crippen molar-refractivity contribution in [1.82, 2.24) is 0 Å². The maximum absolute atomic E-state index is 12.5. The van der Waals surface area contributed by atoms with Gasteiger partial charge in [-0.25, -0.2) is 0 Å². The highest BCUT2D eigenvalue weighted by atomic mass is 35.5. The molecule has 100 valence electrons. The molecule has 2 aromatic carbocycles. The van der Waals surface area contributed by atoms with Crippen molar-refractivity contribution in [3.8, 4) is 0 Å². The lowest BCUT2D eigenvalue weighted by Crippen LogP contribution is -2.05. The molecule has 0 heterocycles. The summed E-state index contributed by atoms with van der Waals surface area (Å²) in [5, 5.41) is 4.81. The van der Waals surface area contributed by atoms with Gasteiger partial charge in [-0.15, -0.1) is 12.2 Å². The van der Waals surface area contributed by atoms with E-state index in [1.807, 2.05) is 0 Å². The van der Waals surface area contributed by atoms with E-state index in [0.29, 0.717) is 16.3 Å². The Hall–Kier alpha value is -1.68. The van der Waals surface area contributed by atoms with E-state index in [0.717, 1.165) is 12.1 Å². The van der Waals surface area contributed by atoms with Crippen LogP contribution in [0.1, 0.15) is 11.1 Å². The van der Waals surface area contributed by atoms with Crippen molar-refractivity contribution in [3.05, 3.63) is 70.0 Å². The van der Waals surface area contributed by atoms with E-state index >= 15 is 0 Å². The molecule has 0 saturated carbocycles. The number of halogens is 4. The van der Waals surface area contributed by atoms with Crippen LogP contribution in [0, 0.1) is 0 Å². The van der Waals surface area contributed by atoms with Crippen LogP contribution >= 0.6 is 11.6 Å². The summed E-state index contributed by atoms with van der Waals surface area (Å²) in [4.78, 5) is 0. The highest BCUT2D eigenvalue weighted by Gasteiger charge is 2.29. The molecule has 0 aromatic heterocycles. The summed E-state index contributed by atoms with van der Waals surface area (Å²) in [6.45, 7) is 0.200. The first-order valence-corrected chi connectivity index (χ1v) is 5.92. The van der Waals surface area contributed by atoms with Crippen molar-refractivity contribution in [1.29, 1.82) is 0 Å². The lowest BCUT2D eigenvalue weighted by molar-refractivity contribution is -0.137. The van der Waals surface area contributed by atoms with Gasteiger partial charge in [0, 0.05) is 5.02 Å². The topological polar surface area (TPSA) is 14.1 Å². The second kappa shape index (κ2) is 5.53. The van der Waals surface area contributed by atoms with Crippen LogP contribution in [0.2, 0.25) is 5.02 Å². The molecule has 0 saturated heterocycles. The molecular weight excluding hydrogens is 275 g/mol. The largest absolute Gasteiger partial charge is 0.681 e. The molecule has 19 heavy (non-hydrogen) atoms. The summed E-state index contributed by atoms with van der Waals surface area (Å²) in [5.74, 6) is 0. The summed E-state index contributed by atoms with van der Waals surface area (Å²) < 4.78 is 37.6. The van der Waals surface area contributed by atoms with Crippen molar-refractivity contribution in [2.24, 2.45) is 0 Å². The Labute approximate surface area is 114 Å². The summed E-state index contributed by atoms with van der Waals surface area (Å²) in [5.41, 5.74) is 0.544. The Morgan fingerprint density at radius 2 is 1.68 bits per heavy atom. The Morgan fingerprint density at radius 3 is 2.32 bits per heavy atom. The quantitative estimate of drug-likeness (QED) is 0.700. The van der Waals surface area contributed by atoms with Crippen molar-refractivity contribution in [2.75, 3.05) is 0 Å². The molecular formula is C14H10ClF3N-. The molecule has 1 nitrogen and oxygen atoms in total. The minimum absolute atomic E-state index is 0.200. The molecule has 2 rings (SSSR count). The van der Waals surface area contributed by atoms with E-state index < -0.39 is 11.7 Å². The molecule has 0 fully saturated rings. The third-order valence-electron chi connectivity index (χ3n) is 2.53. The second-order valence-electron chi connectivity index (χ2n) is 3.99. The first-order chi connectivity index (χ1) is 8.95. The molecule has 0 bridgehead atoms. The Balaban J connectivity index is 2.05. The third-order valence-corrected chi connectivity index (χ3v) is 2.78. The van der Waals surface area contributed by atoms with Gasteiger partial charge in [0.2, 0.25) is 0 Å². The predicted octanol–water partition coefficient (Wildman–Crippen LogP) is 5.56. The number of nitrogens with zero attached hydrogens (tertiary/aromatic N) is 1. The van der Waals surface area contributed by atoms with Crippen LogP contribution in [0.25, 0.3) is 5.32 Å². The lowest BCUT2D eigenvalue weighted by atomic mass is 10.1. The van der Waals surface area contributed by atoms with Gasteiger partial charge in [-0.2, -0.15) is 13.2 Å². The van der Waals surface area contributed by atoms with Gasteiger partial charge in [0.25, 0.3) is 0 Å². The van der Waals surface area contributed by atoms with E-state index in [2.05, 4.69) is 5.32 Å². The minimum atomic E-state index is -4.32. The first kappa shape index (κ1) is 13.7. The van der Waals surface area contributed by atoms with Gasteiger partial charge in [-0.1, -0.05) is 47.5 Å². The average Bonchev–Trinajstić information content (AvgIpc) is 2.37. The molecule has 0 atom stereocenters. The van der Waals surface area contributed by atoms with Crippen molar-refractivity contribution in [2.45, 2.75) is 12.7 Å². The Morgan fingerprint density at radius 1 is 1.00 bits per heavy atom. The Bertz CT molecular complexity index is 549. The van der Waals surface area contributed by atoms with Gasteiger partial charge < -0.3 is 5.32 Å². The maximum Gasteiger partial charge on any atom is 0.416 e. The number of benzene rings is 2. The molecule has 0 spiro atoms. The summed E-state index contributed by atoms with van der Waals surface area (Å²) >= 11 is 5.73. The van der Waals surface area contributed by atoms with Crippen molar-refractivity contribution in [3.63, 3.8) is 0 Å². The van der Waals surface area contributed by atoms with E-state index in [1.165, 1.54) is 6.07 Å². The molecule has 0 aliphatic carbocycles. The molecule has 5 heteroatoms. The van der Waals surface area contributed by atoms with Gasteiger partial charge >= 0.3 is 6.18 Å². The standard InChI is InChI=1S/C14H10ClF3N/c15-12-4-6-13(7-5-12)19-9-10-2-1-3-11(8-10)14(16,17)18/h1-8H,9H2/q-1. The zero-order valence-corrected chi connectivity index (χ0v) is 10.5. The van der Waals surface area contributed by atoms with Crippen LogP contribution in [0.4, 0.5) is 18.9 Å². The van der Waals surface area contributed by atoms with Crippen molar-refractivity contribution >= 4 is 17.3 Å². The fourth-order valence-corrected chi connectivity index (χ4v) is 1.70. The zero-order chi connectivity index (χ0) is 13.9. The first-order valence-electron chi connectivity index (χ1n) is 5.54. The molecule has 0 aliphatic heterocycles. The number of alkyl halides is 3. The van der Waals surface area contributed by atoms with Crippen LogP contribution < -0.4 is 0 Å². The summed E-state index contributed by atoms with van der Waals surface area (Å²) in [7, 11) is 0. The average molecular weight is 285 g/mol. The van der Waals surface area contributed by atoms with Gasteiger partial charge in [-0.05, 0) is 18.2 Å². The van der Waals surface area contributed by atoms with Gasteiger partial charge in [-0.3, -0.25) is 0 Å². The van der Waals surface area contributed by atoms with E-state index in [-0.39, 0.29) is 6.54 Å². The van der Waals surface area contributed by atoms with E-state index in [1.54, 1.807) is 30.3 Å². The van der Waals surface area contributed by atoms with Gasteiger partial charge in [0.05, 0.1) is 5.56 Å².